The van der Waals surface area contributed by atoms with Gasteiger partial charge in [-0.05, 0) is 24.8 Å². The van der Waals surface area contributed by atoms with E-state index in [4.69, 9.17) is 0 Å². The molecule has 0 aromatic carbocycles. The van der Waals surface area contributed by atoms with Gasteiger partial charge in [-0.3, -0.25) is 15.1 Å². The third-order valence-electron chi connectivity index (χ3n) is 4.52. The Kier molecular flexibility index (Phi) is 3.75. The quantitative estimate of drug-likeness (QED) is 0.666. The van der Waals surface area contributed by atoms with Crippen LogP contribution in [0, 0.1) is 0 Å². The zero-order valence-corrected chi connectivity index (χ0v) is 14.2. The zero-order valence-electron chi connectivity index (χ0n) is 14.2. The summed E-state index contributed by atoms with van der Waals surface area (Å²) in [5.41, 5.74) is 3.06. The second kappa shape index (κ2) is 6.08. The van der Waals surface area contributed by atoms with Crippen molar-refractivity contribution in [2.45, 2.75) is 25.3 Å². The number of aromatic amines is 1. The fourth-order valence-electron chi connectivity index (χ4n) is 3.18. The minimum atomic E-state index is -0.230. The van der Waals surface area contributed by atoms with E-state index in [1.807, 2.05) is 30.1 Å². The molecule has 1 aliphatic rings. The van der Waals surface area contributed by atoms with Crippen LogP contribution >= 0.6 is 0 Å². The summed E-state index contributed by atoms with van der Waals surface area (Å²) >= 11 is 0. The van der Waals surface area contributed by atoms with Crippen LogP contribution in [0.25, 0.3) is 11.5 Å². The van der Waals surface area contributed by atoms with Crippen molar-refractivity contribution in [1.29, 1.82) is 0 Å². The minimum Gasteiger partial charge on any atom is -0.335 e. The van der Waals surface area contributed by atoms with Gasteiger partial charge in [0.15, 0.2) is 5.82 Å². The highest BCUT2D eigenvalue weighted by molar-refractivity contribution is 5.89. The van der Waals surface area contributed by atoms with Gasteiger partial charge in [0.25, 0.3) is 0 Å². The first-order valence-corrected chi connectivity index (χ1v) is 8.20. The third kappa shape index (κ3) is 3.00. The summed E-state index contributed by atoms with van der Waals surface area (Å²) in [6.45, 7) is 0. The molecule has 0 spiro atoms. The van der Waals surface area contributed by atoms with Gasteiger partial charge in [-0.1, -0.05) is 0 Å². The molecule has 3 N–H and O–H groups in total. The van der Waals surface area contributed by atoms with E-state index in [-0.39, 0.29) is 12.1 Å². The van der Waals surface area contributed by atoms with Crippen LogP contribution in [0.2, 0.25) is 0 Å². The fourth-order valence-corrected chi connectivity index (χ4v) is 3.18. The first-order chi connectivity index (χ1) is 12.1. The molecule has 0 bridgehead atoms. The molecule has 1 aliphatic carbocycles. The average molecular weight is 340 g/mol. The Morgan fingerprint density at radius 2 is 2.28 bits per heavy atom. The van der Waals surface area contributed by atoms with Crippen molar-refractivity contribution in [3.8, 4) is 11.5 Å². The van der Waals surface area contributed by atoms with Gasteiger partial charge in [-0.25, -0.2) is 9.78 Å². The van der Waals surface area contributed by atoms with E-state index >= 15 is 0 Å². The lowest BCUT2D eigenvalue weighted by molar-refractivity contribution is 0.247. The molecule has 25 heavy (non-hydrogen) atoms. The fraction of sp³-hybridized carbons (Fsp3) is 0.375. The van der Waals surface area contributed by atoms with Crippen LogP contribution in [0.1, 0.15) is 17.7 Å². The average Bonchev–Trinajstić information content (AvgIpc) is 3.28. The first-order valence-electron chi connectivity index (χ1n) is 8.20. The molecule has 3 aromatic rings. The summed E-state index contributed by atoms with van der Waals surface area (Å²) in [5, 5.41) is 17.4. The molecule has 0 unspecified atom stereocenters. The molecule has 0 radical (unpaired) electrons. The number of amides is 2. The zero-order chi connectivity index (χ0) is 17.4. The van der Waals surface area contributed by atoms with Crippen molar-refractivity contribution >= 4 is 11.8 Å². The minimum absolute atomic E-state index is 0.104. The summed E-state index contributed by atoms with van der Waals surface area (Å²) in [4.78, 5) is 16.6. The summed E-state index contributed by atoms with van der Waals surface area (Å²) < 4.78 is 3.52. The summed E-state index contributed by atoms with van der Waals surface area (Å²) in [6, 6.07) is 1.69. The number of carbonyl (C=O) groups is 1. The van der Waals surface area contributed by atoms with Crippen LogP contribution in [0.5, 0.6) is 0 Å². The molecular formula is C16H20N8O. The van der Waals surface area contributed by atoms with E-state index in [1.165, 1.54) is 11.3 Å². The maximum absolute atomic E-state index is 12.3. The number of nitrogens with zero attached hydrogens (tertiary/aromatic N) is 5. The lowest BCUT2D eigenvalue weighted by Crippen LogP contribution is -2.41. The molecule has 9 heteroatoms. The van der Waals surface area contributed by atoms with E-state index in [0.29, 0.717) is 11.5 Å². The Labute approximate surface area is 144 Å². The Hall–Kier alpha value is -3.10. The number of anilines is 1. The highest BCUT2D eigenvalue weighted by Crippen LogP contribution is 2.20. The molecule has 3 heterocycles. The van der Waals surface area contributed by atoms with Gasteiger partial charge in [0, 0.05) is 44.3 Å². The molecule has 0 saturated carbocycles. The van der Waals surface area contributed by atoms with Crippen LogP contribution in [0.3, 0.4) is 0 Å². The van der Waals surface area contributed by atoms with Gasteiger partial charge in [-0.15, -0.1) is 0 Å². The second-order valence-corrected chi connectivity index (χ2v) is 6.31. The van der Waals surface area contributed by atoms with E-state index in [9.17, 15) is 4.79 Å². The first kappa shape index (κ1) is 15.4. The van der Waals surface area contributed by atoms with Crippen molar-refractivity contribution in [3.05, 3.63) is 35.9 Å². The molecule has 1 atom stereocenters. The van der Waals surface area contributed by atoms with Gasteiger partial charge in [0.1, 0.15) is 11.5 Å². The smallest absolute Gasteiger partial charge is 0.320 e. The lowest BCUT2D eigenvalue weighted by atomic mass is 9.94. The van der Waals surface area contributed by atoms with Crippen LogP contribution in [0.4, 0.5) is 10.6 Å². The Balaban J connectivity index is 1.42. The van der Waals surface area contributed by atoms with Crippen LogP contribution in [-0.4, -0.2) is 41.6 Å². The molecule has 9 nitrogen and oxygen atoms in total. The standard InChI is InChI=1S/C16H20N8O/c1-23-6-5-17-15(23)13-8-14(24(2)22-13)20-16(25)19-11-3-4-12-10(7-11)9-18-21-12/h5-6,8-9,11H,3-4,7H2,1-2H3,(H,18,21)(H2,19,20,25)/t11-/m1/s1. The number of nitrogens with one attached hydrogen (secondary N) is 3. The second-order valence-electron chi connectivity index (χ2n) is 6.31. The lowest BCUT2D eigenvalue weighted by Gasteiger charge is -2.22. The molecule has 0 fully saturated rings. The van der Waals surface area contributed by atoms with Crippen molar-refractivity contribution in [2.24, 2.45) is 14.1 Å². The van der Waals surface area contributed by atoms with Crippen LogP contribution in [-0.2, 0) is 26.9 Å². The topological polar surface area (TPSA) is 105 Å². The molecule has 0 aliphatic heterocycles. The highest BCUT2D eigenvalue weighted by Gasteiger charge is 2.22. The number of urea groups is 1. The van der Waals surface area contributed by atoms with E-state index < -0.39 is 0 Å². The van der Waals surface area contributed by atoms with Crippen molar-refractivity contribution in [2.75, 3.05) is 5.32 Å². The Morgan fingerprint density at radius 3 is 3.08 bits per heavy atom. The van der Waals surface area contributed by atoms with Gasteiger partial charge in [-0.2, -0.15) is 10.2 Å². The van der Waals surface area contributed by atoms with E-state index in [1.54, 1.807) is 17.9 Å². The number of aromatic nitrogens is 6. The van der Waals surface area contributed by atoms with Gasteiger partial charge < -0.3 is 9.88 Å². The number of carbonyl (C=O) groups excluding carboxylic acids is 1. The number of aryl methyl sites for hydroxylation is 3. The molecule has 4 rings (SSSR count). The molecule has 0 saturated heterocycles. The molecule has 130 valence electrons. The monoisotopic (exact) mass is 340 g/mol. The van der Waals surface area contributed by atoms with Gasteiger partial charge >= 0.3 is 6.03 Å². The predicted molar refractivity (Wildman–Crippen MR) is 92.0 cm³/mol. The maximum Gasteiger partial charge on any atom is 0.320 e. The molecule has 2 amide bonds. The van der Waals surface area contributed by atoms with Crippen molar-refractivity contribution in [3.63, 3.8) is 0 Å². The molecule has 3 aromatic heterocycles. The Bertz CT molecular complexity index is 905. The van der Waals surface area contributed by atoms with Crippen LogP contribution < -0.4 is 10.6 Å². The van der Waals surface area contributed by atoms with Gasteiger partial charge in [0.05, 0.1) is 6.20 Å². The maximum atomic E-state index is 12.3. The SMILES string of the molecule is Cn1ccnc1-c1cc(NC(=O)N[C@@H]2CCc3[nH]ncc3C2)n(C)n1. The third-order valence-corrected chi connectivity index (χ3v) is 4.52. The number of hydrogen-bond donors (Lipinski definition) is 3. The summed E-state index contributed by atoms with van der Waals surface area (Å²) in [7, 11) is 3.70. The van der Waals surface area contributed by atoms with E-state index in [2.05, 4.69) is 30.9 Å². The van der Waals surface area contributed by atoms with Gasteiger partial charge in [0.2, 0.25) is 0 Å². The van der Waals surface area contributed by atoms with Crippen molar-refractivity contribution in [1.82, 2.24) is 34.8 Å². The summed E-state index contributed by atoms with van der Waals surface area (Å²) in [6.07, 6.45) is 8.00. The van der Waals surface area contributed by atoms with E-state index in [0.717, 1.165) is 25.1 Å². The number of imidazole rings is 1. The normalized spacial score (nSPS) is 16.5. The highest BCUT2D eigenvalue weighted by atomic mass is 16.2. The largest absolute Gasteiger partial charge is 0.335 e. The number of H-pyrrole nitrogens is 1. The summed E-state index contributed by atoms with van der Waals surface area (Å²) in [5.74, 6) is 1.37. The molecular weight excluding hydrogens is 320 g/mol. The number of rotatable bonds is 3. The number of fused-ring (bicyclic) bond motifs is 1. The van der Waals surface area contributed by atoms with Crippen LogP contribution in [0.15, 0.2) is 24.7 Å². The van der Waals surface area contributed by atoms with Crippen molar-refractivity contribution < 1.29 is 4.79 Å². The Morgan fingerprint density at radius 1 is 1.40 bits per heavy atom. The predicted octanol–water partition coefficient (Wildman–Crippen LogP) is 1.22. The number of hydrogen-bond acceptors (Lipinski definition) is 4.